The summed E-state index contributed by atoms with van der Waals surface area (Å²) in [6.07, 6.45) is 3.78. The third kappa shape index (κ3) is 3.14. The number of nitrogens with zero attached hydrogens (tertiary/aromatic N) is 1. The van der Waals surface area contributed by atoms with Crippen LogP contribution in [0.15, 0.2) is 21.0 Å². The average molecular weight is 289 g/mol. The monoisotopic (exact) mass is 288 g/mol. The van der Waals surface area contributed by atoms with Gasteiger partial charge in [-0.05, 0) is 37.1 Å². The minimum absolute atomic E-state index is 0.245. The van der Waals surface area contributed by atoms with Crippen molar-refractivity contribution in [2.24, 2.45) is 4.36 Å². The molecule has 1 amide bonds. The van der Waals surface area contributed by atoms with Gasteiger partial charge >= 0.3 is 0 Å². The molecule has 1 aromatic carbocycles. The summed E-state index contributed by atoms with van der Waals surface area (Å²) < 4.78 is 4.83. The van der Waals surface area contributed by atoms with Crippen LogP contribution < -0.4 is 5.73 Å². The maximum Gasteiger partial charge on any atom is 0.285 e. The highest BCUT2D eigenvalue weighted by Crippen LogP contribution is 2.23. The molecule has 1 rings (SSSR count). The lowest BCUT2D eigenvalue weighted by Gasteiger charge is -2.06. The largest absolute Gasteiger partial charge is 0.398 e. The van der Waals surface area contributed by atoms with Crippen molar-refractivity contribution in [2.75, 3.05) is 18.2 Å². The smallest absolute Gasteiger partial charge is 0.285 e. The van der Waals surface area contributed by atoms with E-state index in [1.165, 1.54) is 0 Å². The zero-order valence-electron chi connectivity index (χ0n) is 8.87. The van der Waals surface area contributed by atoms with E-state index in [2.05, 4.69) is 20.3 Å². The highest BCUT2D eigenvalue weighted by Gasteiger charge is 2.11. The quantitative estimate of drug-likeness (QED) is 0.808. The molecule has 0 spiro atoms. The lowest BCUT2D eigenvalue weighted by Crippen LogP contribution is -2.04. The Hall–Kier alpha value is -0.680. The fourth-order valence-electron chi connectivity index (χ4n) is 1.15. The fourth-order valence-corrected chi connectivity index (χ4v) is 2.15. The van der Waals surface area contributed by atoms with Crippen molar-refractivity contribution in [1.82, 2.24) is 0 Å². The third-order valence-corrected chi connectivity index (χ3v) is 2.84. The van der Waals surface area contributed by atoms with Gasteiger partial charge in [0.05, 0.1) is 5.56 Å². The molecule has 15 heavy (non-hydrogen) atoms. The van der Waals surface area contributed by atoms with Gasteiger partial charge in [-0.3, -0.25) is 4.79 Å². The number of hydrogen-bond donors (Lipinski definition) is 1. The molecule has 2 N–H and O–H groups in total. The van der Waals surface area contributed by atoms with E-state index in [0.29, 0.717) is 11.3 Å². The van der Waals surface area contributed by atoms with Crippen LogP contribution >= 0.6 is 15.9 Å². The Balaban J connectivity index is 3.26. The Morgan fingerprint density at radius 3 is 2.60 bits per heavy atom. The van der Waals surface area contributed by atoms with Gasteiger partial charge in [0.2, 0.25) is 0 Å². The molecule has 0 bridgehead atoms. The van der Waals surface area contributed by atoms with Gasteiger partial charge in [-0.1, -0.05) is 26.6 Å². The number of nitrogen functional groups attached to an aromatic ring is 1. The lowest BCUT2D eigenvalue weighted by molar-refractivity contribution is 0.101. The predicted molar refractivity (Wildman–Crippen MR) is 69.3 cm³/mol. The summed E-state index contributed by atoms with van der Waals surface area (Å²) in [5.74, 6) is -0.245. The molecule has 0 radical (unpaired) electrons. The normalized spacial score (nSPS) is 10.5. The van der Waals surface area contributed by atoms with Crippen LogP contribution in [0.4, 0.5) is 5.69 Å². The molecule has 0 aliphatic heterocycles. The second kappa shape index (κ2) is 4.90. The van der Waals surface area contributed by atoms with Gasteiger partial charge in [0.25, 0.3) is 5.91 Å². The van der Waals surface area contributed by atoms with Crippen LogP contribution in [0.25, 0.3) is 0 Å². The first-order chi connectivity index (χ1) is 6.91. The highest BCUT2D eigenvalue weighted by molar-refractivity contribution is 9.10. The van der Waals surface area contributed by atoms with Crippen LogP contribution in [-0.2, 0) is 10.7 Å². The number of nitrogens with two attached hydrogens (primary N) is 1. The molecular weight excluding hydrogens is 276 g/mol. The molecule has 5 heteroatoms. The summed E-state index contributed by atoms with van der Waals surface area (Å²) in [7, 11) is -0.263. The summed E-state index contributed by atoms with van der Waals surface area (Å²) in [6, 6.07) is 3.59. The molecule has 0 aliphatic carbocycles. The average Bonchev–Trinajstić information content (AvgIpc) is 2.09. The summed E-state index contributed by atoms with van der Waals surface area (Å²) in [5, 5.41) is 0. The molecule has 0 heterocycles. The highest BCUT2D eigenvalue weighted by atomic mass is 79.9. The zero-order chi connectivity index (χ0) is 11.6. The van der Waals surface area contributed by atoms with Gasteiger partial charge in [0.15, 0.2) is 0 Å². The Morgan fingerprint density at radius 1 is 1.47 bits per heavy atom. The van der Waals surface area contributed by atoms with Gasteiger partial charge in [-0.2, -0.15) is 4.36 Å². The van der Waals surface area contributed by atoms with Gasteiger partial charge in [0.1, 0.15) is 0 Å². The number of halogens is 1. The SMILES string of the molecule is Cc1cc(Br)cc(C(=O)N=S(C)C)c1N. The molecule has 0 saturated heterocycles. The van der Waals surface area contributed by atoms with Crippen molar-refractivity contribution in [1.29, 1.82) is 0 Å². The second-order valence-electron chi connectivity index (χ2n) is 3.35. The van der Waals surface area contributed by atoms with E-state index in [4.69, 9.17) is 5.73 Å². The molecule has 0 fully saturated rings. The number of carbonyl (C=O) groups is 1. The number of aryl methyl sites for hydroxylation is 1. The van der Waals surface area contributed by atoms with Crippen LogP contribution in [0.2, 0.25) is 0 Å². The first-order valence-electron chi connectivity index (χ1n) is 4.31. The Kier molecular flexibility index (Phi) is 4.04. The minimum Gasteiger partial charge on any atom is -0.398 e. The molecular formula is C10H13BrN2OS. The van der Waals surface area contributed by atoms with Gasteiger partial charge in [-0.25, -0.2) is 0 Å². The molecule has 0 aliphatic rings. The van der Waals surface area contributed by atoms with E-state index in [0.717, 1.165) is 10.0 Å². The maximum atomic E-state index is 11.7. The summed E-state index contributed by atoms with van der Waals surface area (Å²) in [5.41, 5.74) is 7.70. The molecule has 1 aromatic rings. The van der Waals surface area contributed by atoms with E-state index < -0.39 is 0 Å². The van der Waals surface area contributed by atoms with E-state index >= 15 is 0 Å². The lowest BCUT2D eigenvalue weighted by atomic mass is 10.1. The first-order valence-corrected chi connectivity index (χ1v) is 7.10. The van der Waals surface area contributed by atoms with E-state index in [1.54, 1.807) is 6.07 Å². The summed E-state index contributed by atoms with van der Waals surface area (Å²) in [6.45, 7) is 1.87. The molecule has 0 saturated carbocycles. The summed E-state index contributed by atoms with van der Waals surface area (Å²) >= 11 is 3.33. The molecule has 0 unspecified atom stereocenters. The van der Waals surface area contributed by atoms with Gasteiger partial charge in [0, 0.05) is 10.2 Å². The Morgan fingerprint density at radius 2 is 2.07 bits per heavy atom. The van der Waals surface area contributed by atoms with Gasteiger partial charge < -0.3 is 5.73 Å². The molecule has 0 aromatic heterocycles. The molecule has 82 valence electrons. The number of hydrogen-bond acceptors (Lipinski definition) is 2. The zero-order valence-corrected chi connectivity index (χ0v) is 11.3. The third-order valence-electron chi connectivity index (χ3n) is 1.85. The maximum absolute atomic E-state index is 11.7. The van der Waals surface area contributed by atoms with Crippen molar-refractivity contribution in [3.05, 3.63) is 27.7 Å². The molecule has 0 atom stereocenters. The molecule has 3 nitrogen and oxygen atoms in total. The fraction of sp³-hybridized carbons (Fsp3) is 0.300. The minimum atomic E-state index is -0.263. The summed E-state index contributed by atoms with van der Waals surface area (Å²) in [4.78, 5) is 11.7. The van der Waals surface area contributed by atoms with Crippen LogP contribution in [-0.4, -0.2) is 18.4 Å². The number of rotatable bonds is 1. The van der Waals surface area contributed by atoms with E-state index in [9.17, 15) is 4.79 Å². The number of benzene rings is 1. The van der Waals surface area contributed by atoms with Crippen molar-refractivity contribution in [3.8, 4) is 0 Å². The van der Waals surface area contributed by atoms with Crippen molar-refractivity contribution >= 4 is 38.2 Å². The topological polar surface area (TPSA) is 55.5 Å². The van der Waals surface area contributed by atoms with Crippen molar-refractivity contribution in [3.63, 3.8) is 0 Å². The van der Waals surface area contributed by atoms with Crippen LogP contribution in [0.3, 0.4) is 0 Å². The van der Waals surface area contributed by atoms with E-state index in [1.807, 2.05) is 25.5 Å². The predicted octanol–water partition coefficient (Wildman–Crippen LogP) is 2.54. The Bertz CT molecular complexity index is 439. The van der Waals surface area contributed by atoms with E-state index in [-0.39, 0.29) is 16.6 Å². The van der Waals surface area contributed by atoms with Crippen molar-refractivity contribution in [2.45, 2.75) is 6.92 Å². The van der Waals surface area contributed by atoms with Crippen LogP contribution in [0, 0.1) is 6.92 Å². The Labute approximate surface area is 100 Å². The van der Waals surface area contributed by atoms with Gasteiger partial charge in [-0.15, -0.1) is 0 Å². The standard InChI is InChI=1S/C10H13BrN2OS/c1-6-4-7(11)5-8(9(6)12)10(14)13-15(2)3/h4-5H,12H2,1-3H3. The second-order valence-corrected chi connectivity index (χ2v) is 6.00. The number of carbonyl (C=O) groups excluding carboxylic acids is 1. The number of amides is 1. The first kappa shape index (κ1) is 12.4. The number of anilines is 1. The van der Waals surface area contributed by atoms with Crippen molar-refractivity contribution < 1.29 is 4.79 Å². The van der Waals surface area contributed by atoms with Crippen LogP contribution in [0.5, 0.6) is 0 Å². The van der Waals surface area contributed by atoms with Crippen LogP contribution in [0.1, 0.15) is 15.9 Å².